The molecule has 2 amide bonds. The van der Waals surface area contributed by atoms with Crippen molar-refractivity contribution in [1.82, 2.24) is 4.90 Å². The van der Waals surface area contributed by atoms with Crippen molar-refractivity contribution < 1.29 is 24.2 Å². The van der Waals surface area contributed by atoms with Crippen LogP contribution < -0.4 is 0 Å². The van der Waals surface area contributed by atoms with Crippen LogP contribution in [0.15, 0.2) is 54.6 Å². The van der Waals surface area contributed by atoms with Gasteiger partial charge in [-0.3, -0.25) is 19.3 Å². The van der Waals surface area contributed by atoms with Crippen LogP contribution in [-0.4, -0.2) is 40.9 Å². The van der Waals surface area contributed by atoms with E-state index in [4.69, 9.17) is 4.74 Å². The Kier molecular flexibility index (Phi) is 5.14. The van der Waals surface area contributed by atoms with E-state index in [-0.39, 0.29) is 13.2 Å². The Morgan fingerprint density at radius 2 is 1.54 bits per heavy atom. The van der Waals surface area contributed by atoms with Crippen LogP contribution in [0, 0.1) is 5.92 Å². The van der Waals surface area contributed by atoms with Crippen LogP contribution in [0.5, 0.6) is 0 Å². The molecule has 1 heterocycles. The Morgan fingerprint density at radius 3 is 2.08 bits per heavy atom. The molecule has 26 heavy (non-hydrogen) atoms. The summed E-state index contributed by atoms with van der Waals surface area (Å²) in [6, 6.07) is 15.1. The van der Waals surface area contributed by atoms with Gasteiger partial charge in [-0.05, 0) is 24.6 Å². The van der Waals surface area contributed by atoms with Crippen LogP contribution in [0.4, 0.5) is 0 Å². The lowest BCUT2D eigenvalue weighted by atomic mass is 9.95. The third kappa shape index (κ3) is 3.23. The Hall–Kier alpha value is -2.99. The van der Waals surface area contributed by atoms with E-state index in [1.165, 1.54) is 0 Å². The number of imide groups is 1. The molecule has 0 saturated carbocycles. The number of amides is 2. The summed E-state index contributed by atoms with van der Waals surface area (Å²) in [5.41, 5.74) is 1.12. The number of carbonyl (C=O) groups is 3. The van der Waals surface area contributed by atoms with Gasteiger partial charge in [0.1, 0.15) is 5.92 Å². The largest absolute Gasteiger partial charge is 0.466 e. The molecule has 3 rings (SSSR count). The maximum atomic E-state index is 12.6. The van der Waals surface area contributed by atoms with Crippen molar-refractivity contribution in [2.45, 2.75) is 13.0 Å². The van der Waals surface area contributed by atoms with E-state index in [2.05, 4.69) is 0 Å². The van der Waals surface area contributed by atoms with Gasteiger partial charge in [-0.25, -0.2) is 0 Å². The van der Waals surface area contributed by atoms with Gasteiger partial charge in [0, 0.05) is 6.54 Å². The number of benzene rings is 2. The molecule has 1 N–H and O–H groups in total. The molecule has 0 unspecified atom stereocenters. The number of ether oxygens (including phenoxy) is 1. The molecule has 6 heteroatoms. The number of aliphatic hydroxyl groups is 1. The van der Waals surface area contributed by atoms with E-state index in [0.29, 0.717) is 16.7 Å². The first-order chi connectivity index (χ1) is 12.5. The zero-order valence-corrected chi connectivity index (χ0v) is 14.3. The highest BCUT2D eigenvalue weighted by molar-refractivity contribution is 6.21. The second kappa shape index (κ2) is 7.49. The number of rotatable bonds is 6. The molecule has 1 aliphatic rings. The van der Waals surface area contributed by atoms with Gasteiger partial charge < -0.3 is 9.84 Å². The number of fused-ring (bicyclic) bond motifs is 1. The molecule has 0 spiro atoms. The zero-order valence-electron chi connectivity index (χ0n) is 14.3. The highest BCUT2D eigenvalue weighted by Crippen LogP contribution is 2.28. The lowest BCUT2D eigenvalue weighted by Gasteiger charge is -2.25. The molecule has 2 aromatic carbocycles. The second-order valence-electron chi connectivity index (χ2n) is 5.98. The summed E-state index contributed by atoms with van der Waals surface area (Å²) in [6.45, 7) is 1.55. The standard InChI is InChI=1S/C20H19NO5/c1-2-26-20(25)16(17(22)13-8-4-3-5-9-13)12-21-18(23)14-10-6-7-11-15(14)19(21)24/h3-11,16-17,22H,2,12H2,1H3/t16-,17-/m1/s1. The Balaban J connectivity index is 1.88. The number of aliphatic hydroxyl groups excluding tert-OH is 1. The van der Waals surface area contributed by atoms with Crippen LogP contribution in [0.1, 0.15) is 39.3 Å². The predicted octanol–water partition coefficient (Wildman–Crippen LogP) is 2.20. The average Bonchev–Trinajstić information content (AvgIpc) is 2.91. The monoisotopic (exact) mass is 353 g/mol. The van der Waals surface area contributed by atoms with Crippen molar-refractivity contribution in [3.8, 4) is 0 Å². The van der Waals surface area contributed by atoms with Crippen molar-refractivity contribution in [2.75, 3.05) is 13.2 Å². The van der Waals surface area contributed by atoms with Crippen molar-refractivity contribution in [2.24, 2.45) is 5.92 Å². The van der Waals surface area contributed by atoms with Gasteiger partial charge in [-0.1, -0.05) is 42.5 Å². The van der Waals surface area contributed by atoms with Gasteiger partial charge >= 0.3 is 5.97 Å². The lowest BCUT2D eigenvalue weighted by Crippen LogP contribution is -2.40. The Morgan fingerprint density at radius 1 is 1.00 bits per heavy atom. The number of nitrogens with zero attached hydrogens (tertiary/aromatic N) is 1. The predicted molar refractivity (Wildman–Crippen MR) is 93.3 cm³/mol. The van der Waals surface area contributed by atoms with E-state index in [1.54, 1.807) is 61.5 Å². The molecule has 2 aromatic rings. The summed E-state index contributed by atoms with van der Waals surface area (Å²) >= 11 is 0. The van der Waals surface area contributed by atoms with Gasteiger partial charge in [-0.2, -0.15) is 0 Å². The van der Waals surface area contributed by atoms with E-state index in [9.17, 15) is 19.5 Å². The molecule has 0 bridgehead atoms. The van der Waals surface area contributed by atoms with Gasteiger partial charge in [-0.15, -0.1) is 0 Å². The highest BCUT2D eigenvalue weighted by atomic mass is 16.5. The molecular weight excluding hydrogens is 334 g/mol. The normalized spacial score (nSPS) is 15.5. The molecule has 0 radical (unpaired) electrons. The fourth-order valence-electron chi connectivity index (χ4n) is 3.04. The molecule has 0 aromatic heterocycles. The minimum absolute atomic E-state index is 0.138. The summed E-state index contributed by atoms with van der Waals surface area (Å²) in [6.07, 6.45) is -1.19. The van der Waals surface area contributed by atoms with Crippen molar-refractivity contribution in [1.29, 1.82) is 0 Å². The minimum atomic E-state index is -1.19. The molecule has 0 saturated heterocycles. The number of carbonyl (C=O) groups excluding carboxylic acids is 3. The van der Waals surface area contributed by atoms with Crippen molar-refractivity contribution >= 4 is 17.8 Å². The van der Waals surface area contributed by atoms with E-state index in [1.807, 2.05) is 0 Å². The molecular formula is C20H19NO5. The SMILES string of the molecule is CCOC(=O)[C@H](CN1C(=O)c2ccccc2C1=O)[C@H](O)c1ccccc1. The topological polar surface area (TPSA) is 83.9 Å². The summed E-state index contributed by atoms with van der Waals surface area (Å²) in [5, 5.41) is 10.7. The zero-order chi connectivity index (χ0) is 18.7. The molecule has 1 aliphatic heterocycles. The van der Waals surface area contributed by atoms with Crippen LogP contribution in [0.2, 0.25) is 0 Å². The molecule has 2 atom stereocenters. The van der Waals surface area contributed by atoms with Crippen LogP contribution in [0.3, 0.4) is 0 Å². The smallest absolute Gasteiger partial charge is 0.313 e. The van der Waals surface area contributed by atoms with E-state index < -0.39 is 29.8 Å². The van der Waals surface area contributed by atoms with E-state index >= 15 is 0 Å². The molecule has 0 aliphatic carbocycles. The number of hydrogen-bond donors (Lipinski definition) is 1. The first-order valence-corrected chi connectivity index (χ1v) is 8.39. The summed E-state index contributed by atoms with van der Waals surface area (Å²) in [5.74, 6) is -2.67. The fraction of sp³-hybridized carbons (Fsp3) is 0.250. The summed E-state index contributed by atoms with van der Waals surface area (Å²) in [4.78, 5) is 38.5. The van der Waals surface area contributed by atoms with Crippen LogP contribution in [-0.2, 0) is 9.53 Å². The lowest BCUT2D eigenvalue weighted by molar-refractivity contribution is -0.152. The van der Waals surface area contributed by atoms with E-state index in [0.717, 1.165) is 4.90 Å². The van der Waals surface area contributed by atoms with Gasteiger partial charge in [0.15, 0.2) is 0 Å². The molecule has 6 nitrogen and oxygen atoms in total. The second-order valence-corrected chi connectivity index (χ2v) is 5.98. The Bertz CT molecular complexity index is 798. The quantitative estimate of drug-likeness (QED) is 0.636. The first kappa shape index (κ1) is 17.8. The van der Waals surface area contributed by atoms with Gasteiger partial charge in [0.05, 0.1) is 23.8 Å². The van der Waals surface area contributed by atoms with Gasteiger partial charge in [0.25, 0.3) is 11.8 Å². The summed E-state index contributed by atoms with van der Waals surface area (Å²) < 4.78 is 5.06. The summed E-state index contributed by atoms with van der Waals surface area (Å²) in [7, 11) is 0. The Labute approximate surface area is 151 Å². The first-order valence-electron chi connectivity index (χ1n) is 8.39. The van der Waals surface area contributed by atoms with Gasteiger partial charge in [0.2, 0.25) is 0 Å². The van der Waals surface area contributed by atoms with Crippen LogP contribution >= 0.6 is 0 Å². The average molecular weight is 353 g/mol. The van der Waals surface area contributed by atoms with Crippen molar-refractivity contribution in [3.05, 3.63) is 71.3 Å². The highest BCUT2D eigenvalue weighted by Gasteiger charge is 2.40. The minimum Gasteiger partial charge on any atom is -0.466 e. The van der Waals surface area contributed by atoms with Crippen LogP contribution in [0.25, 0.3) is 0 Å². The third-order valence-corrected chi connectivity index (χ3v) is 4.37. The number of esters is 1. The maximum Gasteiger partial charge on any atom is 0.313 e. The fourth-order valence-corrected chi connectivity index (χ4v) is 3.04. The van der Waals surface area contributed by atoms with Crippen molar-refractivity contribution in [3.63, 3.8) is 0 Å². The molecule has 134 valence electrons. The third-order valence-electron chi connectivity index (χ3n) is 4.37. The maximum absolute atomic E-state index is 12.6. The molecule has 0 fully saturated rings. The number of hydrogen-bond acceptors (Lipinski definition) is 5.